The van der Waals surface area contributed by atoms with Crippen LogP contribution in [0, 0.1) is 19.7 Å². The average Bonchev–Trinajstić information content (AvgIpc) is 3.38. The largest absolute Gasteiger partial charge is 0.496 e. The first kappa shape index (κ1) is 17.9. The summed E-state index contributed by atoms with van der Waals surface area (Å²) in [6, 6.07) is 9.49. The van der Waals surface area contributed by atoms with Crippen LogP contribution in [0.15, 0.2) is 41.3 Å². The van der Waals surface area contributed by atoms with E-state index in [0.29, 0.717) is 11.3 Å². The summed E-state index contributed by atoms with van der Waals surface area (Å²) in [5, 5.41) is 0. The SMILES string of the molecule is COc1c(C)cc(S(=O)(=O)N(Cc2ccccc2F)C2CC2)cc1C. The molecule has 2 aromatic carbocycles. The van der Waals surface area contributed by atoms with Crippen molar-refractivity contribution in [3.05, 3.63) is 58.9 Å². The number of nitrogens with zero attached hydrogens (tertiary/aromatic N) is 1. The van der Waals surface area contributed by atoms with E-state index >= 15 is 0 Å². The topological polar surface area (TPSA) is 46.6 Å². The third kappa shape index (κ3) is 3.55. The van der Waals surface area contributed by atoms with Crippen molar-refractivity contribution in [1.82, 2.24) is 4.31 Å². The summed E-state index contributed by atoms with van der Waals surface area (Å²) in [5.74, 6) is 0.302. The lowest BCUT2D eigenvalue weighted by atomic mass is 10.1. The van der Waals surface area contributed by atoms with Crippen LogP contribution >= 0.6 is 0 Å². The van der Waals surface area contributed by atoms with Gasteiger partial charge in [-0.2, -0.15) is 4.31 Å². The van der Waals surface area contributed by atoms with E-state index < -0.39 is 10.0 Å². The number of sulfonamides is 1. The molecule has 1 aliphatic rings. The van der Waals surface area contributed by atoms with Crippen molar-refractivity contribution in [2.24, 2.45) is 0 Å². The number of methoxy groups -OCH3 is 1. The zero-order chi connectivity index (χ0) is 18.2. The highest BCUT2D eigenvalue weighted by atomic mass is 32.2. The predicted octanol–water partition coefficient (Wildman–Crippen LogP) is 3.80. The molecule has 0 spiro atoms. The van der Waals surface area contributed by atoms with Gasteiger partial charge in [0.05, 0.1) is 12.0 Å². The van der Waals surface area contributed by atoms with Crippen LogP contribution in [0.25, 0.3) is 0 Å². The molecule has 1 fully saturated rings. The van der Waals surface area contributed by atoms with Gasteiger partial charge in [-0.1, -0.05) is 18.2 Å². The Labute approximate surface area is 148 Å². The monoisotopic (exact) mass is 363 g/mol. The van der Waals surface area contributed by atoms with E-state index in [4.69, 9.17) is 4.74 Å². The van der Waals surface area contributed by atoms with Crippen molar-refractivity contribution >= 4 is 10.0 Å². The summed E-state index contributed by atoms with van der Waals surface area (Å²) in [6.07, 6.45) is 1.61. The third-order valence-electron chi connectivity index (χ3n) is 4.48. The van der Waals surface area contributed by atoms with Crippen molar-refractivity contribution in [3.63, 3.8) is 0 Å². The molecule has 0 radical (unpaired) electrons. The van der Waals surface area contributed by atoms with Crippen molar-refractivity contribution in [3.8, 4) is 5.75 Å². The van der Waals surface area contributed by atoms with Gasteiger partial charge < -0.3 is 4.74 Å². The quantitative estimate of drug-likeness (QED) is 0.784. The molecule has 6 heteroatoms. The Balaban J connectivity index is 2.00. The van der Waals surface area contributed by atoms with Crippen LogP contribution < -0.4 is 4.74 Å². The first-order valence-corrected chi connectivity index (χ1v) is 9.69. The molecule has 25 heavy (non-hydrogen) atoms. The molecular formula is C19H22FNO3S. The molecule has 0 aliphatic heterocycles. The van der Waals surface area contributed by atoms with Gasteiger partial charge in [0.1, 0.15) is 11.6 Å². The van der Waals surface area contributed by atoms with Crippen molar-refractivity contribution in [1.29, 1.82) is 0 Å². The van der Waals surface area contributed by atoms with E-state index in [1.54, 1.807) is 37.4 Å². The number of ether oxygens (including phenoxy) is 1. The molecule has 4 nitrogen and oxygen atoms in total. The molecule has 0 atom stereocenters. The number of aryl methyl sites for hydroxylation is 2. The molecule has 0 bridgehead atoms. The Hall–Kier alpha value is -1.92. The van der Waals surface area contributed by atoms with Gasteiger partial charge in [0, 0.05) is 18.2 Å². The van der Waals surface area contributed by atoms with Gasteiger partial charge in [-0.15, -0.1) is 0 Å². The van der Waals surface area contributed by atoms with Crippen molar-refractivity contribution < 1.29 is 17.5 Å². The first-order valence-electron chi connectivity index (χ1n) is 8.25. The van der Waals surface area contributed by atoms with Gasteiger partial charge in [-0.25, -0.2) is 12.8 Å². The minimum absolute atomic E-state index is 0.0454. The molecule has 0 saturated heterocycles. The summed E-state index contributed by atoms with van der Waals surface area (Å²) in [7, 11) is -2.14. The number of hydrogen-bond donors (Lipinski definition) is 0. The Morgan fingerprint density at radius 2 is 1.76 bits per heavy atom. The van der Waals surface area contributed by atoms with E-state index in [1.807, 2.05) is 13.8 Å². The van der Waals surface area contributed by atoms with E-state index in [9.17, 15) is 12.8 Å². The van der Waals surface area contributed by atoms with Gasteiger partial charge in [0.25, 0.3) is 0 Å². The summed E-state index contributed by atoms with van der Waals surface area (Å²) in [5.41, 5.74) is 1.92. The number of halogens is 1. The first-order chi connectivity index (χ1) is 11.8. The predicted molar refractivity (Wildman–Crippen MR) is 94.6 cm³/mol. The van der Waals surface area contributed by atoms with Crippen molar-refractivity contribution in [2.75, 3.05) is 7.11 Å². The molecule has 2 aromatic rings. The maximum Gasteiger partial charge on any atom is 0.243 e. The van der Waals surface area contributed by atoms with Crippen LogP contribution in [0.5, 0.6) is 5.75 Å². The van der Waals surface area contributed by atoms with Gasteiger partial charge in [-0.05, 0) is 56.0 Å². The third-order valence-corrected chi connectivity index (χ3v) is 6.36. The minimum atomic E-state index is -3.71. The zero-order valence-electron chi connectivity index (χ0n) is 14.6. The van der Waals surface area contributed by atoms with Crippen LogP contribution in [0.3, 0.4) is 0 Å². The molecule has 1 aliphatic carbocycles. The second-order valence-electron chi connectivity index (χ2n) is 6.46. The molecule has 134 valence electrons. The molecule has 0 N–H and O–H groups in total. The Kier molecular flexibility index (Phi) is 4.84. The number of hydrogen-bond acceptors (Lipinski definition) is 3. The summed E-state index contributed by atoms with van der Waals surface area (Å²) in [4.78, 5) is 0.228. The fourth-order valence-corrected chi connectivity index (χ4v) is 4.92. The second-order valence-corrected chi connectivity index (χ2v) is 8.35. The highest BCUT2D eigenvalue weighted by Gasteiger charge is 2.38. The van der Waals surface area contributed by atoms with Crippen LogP contribution in [-0.2, 0) is 16.6 Å². The van der Waals surface area contributed by atoms with Crippen LogP contribution in [0.2, 0.25) is 0 Å². The maximum atomic E-state index is 14.0. The lowest BCUT2D eigenvalue weighted by Crippen LogP contribution is -2.33. The van der Waals surface area contributed by atoms with Gasteiger partial charge in [-0.3, -0.25) is 0 Å². The van der Waals surface area contributed by atoms with E-state index in [-0.39, 0.29) is 23.3 Å². The highest BCUT2D eigenvalue weighted by Crippen LogP contribution is 2.35. The molecule has 0 aromatic heterocycles. The Bertz CT molecular complexity index is 868. The highest BCUT2D eigenvalue weighted by molar-refractivity contribution is 7.89. The fraction of sp³-hybridized carbons (Fsp3) is 0.368. The van der Waals surface area contributed by atoms with Gasteiger partial charge in [0.2, 0.25) is 10.0 Å². The summed E-state index contributed by atoms with van der Waals surface area (Å²) in [6.45, 7) is 3.69. The standard InChI is InChI=1S/C19H22FNO3S/c1-13-10-17(11-14(2)19(13)24-3)25(22,23)21(16-8-9-16)12-15-6-4-5-7-18(15)20/h4-7,10-11,16H,8-9,12H2,1-3H3. The van der Waals surface area contributed by atoms with Gasteiger partial charge >= 0.3 is 0 Å². The van der Waals surface area contributed by atoms with E-state index in [1.165, 1.54) is 10.4 Å². The molecule has 1 saturated carbocycles. The van der Waals surface area contributed by atoms with Crippen LogP contribution in [-0.4, -0.2) is 25.9 Å². The molecule has 0 unspecified atom stereocenters. The van der Waals surface area contributed by atoms with Crippen molar-refractivity contribution in [2.45, 2.75) is 44.2 Å². The number of rotatable bonds is 6. The number of benzene rings is 2. The van der Waals surface area contributed by atoms with Crippen LogP contribution in [0.1, 0.15) is 29.5 Å². The Morgan fingerprint density at radius 1 is 1.16 bits per heavy atom. The normalized spacial score (nSPS) is 14.8. The van der Waals surface area contributed by atoms with E-state index in [2.05, 4.69) is 0 Å². The molecule has 3 rings (SSSR count). The second kappa shape index (κ2) is 6.77. The Morgan fingerprint density at radius 3 is 2.28 bits per heavy atom. The molecular weight excluding hydrogens is 341 g/mol. The fourth-order valence-electron chi connectivity index (χ4n) is 3.08. The minimum Gasteiger partial charge on any atom is -0.496 e. The van der Waals surface area contributed by atoms with E-state index in [0.717, 1.165) is 24.0 Å². The molecule has 0 amide bonds. The summed E-state index contributed by atoms with van der Waals surface area (Å²) < 4.78 is 47.1. The lowest BCUT2D eigenvalue weighted by Gasteiger charge is -2.23. The smallest absolute Gasteiger partial charge is 0.243 e. The maximum absolute atomic E-state index is 14.0. The van der Waals surface area contributed by atoms with Gasteiger partial charge in [0.15, 0.2) is 0 Å². The summed E-state index contributed by atoms with van der Waals surface area (Å²) >= 11 is 0. The average molecular weight is 363 g/mol. The van der Waals surface area contributed by atoms with Crippen LogP contribution in [0.4, 0.5) is 4.39 Å². The molecule has 0 heterocycles. The zero-order valence-corrected chi connectivity index (χ0v) is 15.4. The lowest BCUT2D eigenvalue weighted by molar-refractivity contribution is 0.390.